The van der Waals surface area contributed by atoms with E-state index in [2.05, 4.69) is 24.2 Å². The highest BCUT2D eigenvalue weighted by Gasteiger charge is 2.33. The third-order valence-electron chi connectivity index (χ3n) is 3.40. The molecule has 1 fully saturated rings. The predicted molar refractivity (Wildman–Crippen MR) is 59.3 cm³/mol. The lowest BCUT2D eigenvalue weighted by atomic mass is 9.89. The fourth-order valence-electron chi connectivity index (χ4n) is 2.09. The maximum atomic E-state index is 12.8. The number of benzene rings is 1. The monoisotopic (exact) mass is 208 g/mol. The number of hydrogen-bond donors (Lipinski definition) is 1. The second-order valence-corrected chi connectivity index (χ2v) is 4.38. The van der Waals surface area contributed by atoms with Crippen molar-refractivity contribution in [1.82, 2.24) is 10.2 Å². The average molecular weight is 208 g/mol. The number of likely N-dealkylation sites (N-methyl/N-ethyl adjacent to an activating group) is 1. The van der Waals surface area contributed by atoms with Crippen LogP contribution < -0.4 is 5.32 Å². The zero-order chi connectivity index (χ0) is 10.9. The molecule has 1 aromatic rings. The number of nitrogens with one attached hydrogen (secondary N) is 1. The summed E-state index contributed by atoms with van der Waals surface area (Å²) < 4.78 is 12.8. The van der Waals surface area contributed by atoms with Gasteiger partial charge in [-0.3, -0.25) is 4.90 Å². The van der Waals surface area contributed by atoms with Crippen molar-refractivity contribution in [3.63, 3.8) is 0 Å². The average Bonchev–Trinajstić information content (AvgIpc) is 2.23. The third-order valence-corrected chi connectivity index (χ3v) is 3.40. The van der Waals surface area contributed by atoms with Gasteiger partial charge in [0.05, 0.1) is 5.54 Å². The van der Waals surface area contributed by atoms with Crippen LogP contribution in [0, 0.1) is 5.82 Å². The van der Waals surface area contributed by atoms with Gasteiger partial charge >= 0.3 is 0 Å². The Morgan fingerprint density at radius 3 is 2.60 bits per heavy atom. The van der Waals surface area contributed by atoms with Crippen LogP contribution in [0.3, 0.4) is 0 Å². The van der Waals surface area contributed by atoms with Gasteiger partial charge in [-0.2, -0.15) is 0 Å². The van der Waals surface area contributed by atoms with Gasteiger partial charge < -0.3 is 5.32 Å². The smallest absolute Gasteiger partial charge is 0.123 e. The molecule has 0 saturated carbocycles. The maximum absolute atomic E-state index is 12.8. The summed E-state index contributed by atoms with van der Waals surface area (Å²) in [5.74, 6) is -0.172. The van der Waals surface area contributed by atoms with Gasteiger partial charge in [-0.15, -0.1) is 0 Å². The molecule has 0 amide bonds. The Hall–Kier alpha value is -0.930. The van der Waals surface area contributed by atoms with Gasteiger partial charge in [0, 0.05) is 19.6 Å². The van der Waals surface area contributed by atoms with E-state index in [1.165, 1.54) is 17.7 Å². The first-order valence-electron chi connectivity index (χ1n) is 5.31. The largest absolute Gasteiger partial charge is 0.313 e. The van der Waals surface area contributed by atoms with Crippen LogP contribution in [0.4, 0.5) is 4.39 Å². The molecular weight excluding hydrogens is 191 g/mol. The van der Waals surface area contributed by atoms with Gasteiger partial charge in [0.2, 0.25) is 0 Å². The first kappa shape index (κ1) is 10.6. The lowest BCUT2D eigenvalue weighted by Gasteiger charge is -2.43. The Kier molecular flexibility index (Phi) is 2.76. The van der Waals surface area contributed by atoms with Crippen molar-refractivity contribution in [3.8, 4) is 0 Å². The molecule has 3 heteroatoms. The SMILES string of the molecule is CN1CCNCC1(C)c1ccc(F)cc1. The van der Waals surface area contributed by atoms with Crippen molar-refractivity contribution in [3.05, 3.63) is 35.6 Å². The van der Waals surface area contributed by atoms with Gasteiger partial charge in [-0.25, -0.2) is 4.39 Å². The van der Waals surface area contributed by atoms with E-state index in [0.29, 0.717) is 0 Å². The molecule has 0 radical (unpaired) electrons. The van der Waals surface area contributed by atoms with Crippen LogP contribution in [0.2, 0.25) is 0 Å². The summed E-state index contributed by atoms with van der Waals surface area (Å²) in [6.45, 7) is 5.14. The predicted octanol–water partition coefficient (Wildman–Crippen LogP) is 1.58. The van der Waals surface area contributed by atoms with Crippen molar-refractivity contribution in [2.45, 2.75) is 12.5 Å². The molecule has 2 rings (SSSR count). The second-order valence-electron chi connectivity index (χ2n) is 4.38. The first-order valence-corrected chi connectivity index (χ1v) is 5.31. The standard InChI is InChI=1S/C12H17FN2/c1-12(9-14-7-8-15(12)2)10-3-5-11(13)6-4-10/h3-6,14H,7-9H2,1-2H3. The van der Waals surface area contributed by atoms with Crippen molar-refractivity contribution < 1.29 is 4.39 Å². The van der Waals surface area contributed by atoms with Gasteiger partial charge in [-0.1, -0.05) is 12.1 Å². The van der Waals surface area contributed by atoms with Crippen LogP contribution in [0.1, 0.15) is 12.5 Å². The molecule has 0 spiro atoms. The Balaban J connectivity index is 2.30. The summed E-state index contributed by atoms with van der Waals surface area (Å²) in [5, 5.41) is 3.38. The number of hydrogen-bond acceptors (Lipinski definition) is 2. The fraction of sp³-hybridized carbons (Fsp3) is 0.500. The number of piperazine rings is 1. The molecule has 1 aliphatic rings. The molecule has 1 aromatic carbocycles. The number of halogens is 1. The van der Waals surface area contributed by atoms with Crippen LogP contribution >= 0.6 is 0 Å². The second kappa shape index (κ2) is 3.91. The zero-order valence-corrected chi connectivity index (χ0v) is 9.26. The molecule has 15 heavy (non-hydrogen) atoms. The van der Waals surface area contributed by atoms with Gasteiger partial charge in [0.1, 0.15) is 5.82 Å². The molecule has 1 heterocycles. The summed E-state index contributed by atoms with van der Waals surface area (Å²) in [6, 6.07) is 6.81. The topological polar surface area (TPSA) is 15.3 Å². The lowest BCUT2D eigenvalue weighted by molar-refractivity contribution is 0.104. The van der Waals surface area contributed by atoms with E-state index in [-0.39, 0.29) is 11.4 Å². The summed E-state index contributed by atoms with van der Waals surface area (Å²) in [5.41, 5.74) is 1.14. The minimum atomic E-state index is -0.172. The van der Waals surface area contributed by atoms with Gasteiger partial charge in [-0.05, 0) is 31.7 Å². The highest BCUT2D eigenvalue weighted by molar-refractivity contribution is 5.25. The lowest BCUT2D eigenvalue weighted by Crippen LogP contribution is -2.55. The number of nitrogens with zero attached hydrogens (tertiary/aromatic N) is 1. The highest BCUT2D eigenvalue weighted by Crippen LogP contribution is 2.27. The molecule has 1 N–H and O–H groups in total. The summed E-state index contributed by atoms with van der Waals surface area (Å²) in [7, 11) is 2.12. The maximum Gasteiger partial charge on any atom is 0.123 e. The zero-order valence-electron chi connectivity index (χ0n) is 9.26. The van der Waals surface area contributed by atoms with Crippen LogP contribution in [-0.2, 0) is 5.54 Å². The molecule has 0 aliphatic carbocycles. The normalized spacial score (nSPS) is 27.9. The Labute approximate surface area is 90.1 Å². The molecule has 1 saturated heterocycles. The Morgan fingerprint density at radius 1 is 1.33 bits per heavy atom. The van der Waals surface area contributed by atoms with E-state index in [1.54, 1.807) is 0 Å². The minimum absolute atomic E-state index is 0.0219. The highest BCUT2D eigenvalue weighted by atomic mass is 19.1. The van der Waals surface area contributed by atoms with E-state index in [4.69, 9.17) is 0 Å². The van der Waals surface area contributed by atoms with Crippen molar-refractivity contribution >= 4 is 0 Å². The van der Waals surface area contributed by atoms with Crippen molar-refractivity contribution in [2.75, 3.05) is 26.7 Å². The van der Waals surface area contributed by atoms with E-state index in [9.17, 15) is 4.39 Å². The molecule has 1 aliphatic heterocycles. The summed E-state index contributed by atoms with van der Waals surface area (Å²) in [6.07, 6.45) is 0. The van der Waals surface area contributed by atoms with Crippen LogP contribution in [0.15, 0.2) is 24.3 Å². The molecule has 2 nitrogen and oxygen atoms in total. The van der Waals surface area contributed by atoms with Gasteiger partial charge in [0.25, 0.3) is 0 Å². The summed E-state index contributed by atoms with van der Waals surface area (Å²) >= 11 is 0. The molecule has 82 valence electrons. The number of rotatable bonds is 1. The van der Waals surface area contributed by atoms with Crippen LogP contribution in [0.25, 0.3) is 0 Å². The van der Waals surface area contributed by atoms with Crippen LogP contribution in [-0.4, -0.2) is 31.6 Å². The molecule has 1 unspecified atom stereocenters. The molecule has 0 bridgehead atoms. The van der Waals surface area contributed by atoms with E-state index in [0.717, 1.165) is 19.6 Å². The third kappa shape index (κ3) is 1.90. The van der Waals surface area contributed by atoms with E-state index >= 15 is 0 Å². The molecular formula is C12H17FN2. The summed E-state index contributed by atoms with van der Waals surface area (Å²) in [4.78, 5) is 2.32. The van der Waals surface area contributed by atoms with Crippen LogP contribution in [0.5, 0.6) is 0 Å². The van der Waals surface area contributed by atoms with Gasteiger partial charge in [0.15, 0.2) is 0 Å². The van der Waals surface area contributed by atoms with Crippen molar-refractivity contribution in [2.24, 2.45) is 0 Å². The Bertz CT molecular complexity index is 336. The molecule has 0 aromatic heterocycles. The Morgan fingerprint density at radius 2 is 2.00 bits per heavy atom. The fourth-order valence-corrected chi connectivity index (χ4v) is 2.09. The minimum Gasteiger partial charge on any atom is -0.313 e. The van der Waals surface area contributed by atoms with Crippen molar-refractivity contribution in [1.29, 1.82) is 0 Å². The molecule has 1 atom stereocenters. The quantitative estimate of drug-likeness (QED) is 0.753. The van der Waals surface area contributed by atoms with E-state index in [1.807, 2.05) is 12.1 Å². The van der Waals surface area contributed by atoms with E-state index < -0.39 is 0 Å². The first-order chi connectivity index (χ1) is 7.13.